The number of carbonyl (C=O) groups excluding carboxylic acids is 2. The number of hydrogen-bond donors (Lipinski definition) is 2. The third-order valence-electron chi connectivity index (χ3n) is 4.21. The van der Waals surface area contributed by atoms with Crippen molar-refractivity contribution < 1.29 is 19.5 Å². The van der Waals surface area contributed by atoms with Crippen LogP contribution < -0.4 is 10.2 Å². The number of unbranched alkanes of at least 4 members (excludes halogenated alkanes) is 2. The number of nitrogens with one attached hydrogen (secondary N) is 1. The fourth-order valence-electron chi connectivity index (χ4n) is 2.79. The van der Waals surface area contributed by atoms with Crippen LogP contribution in [0.25, 0.3) is 0 Å². The predicted molar refractivity (Wildman–Crippen MR) is 90.8 cm³/mol. The van der Waals surface area contributed by atoms with E-state index >= 15 is 0 Å². The number of aryl methyl sites for hydroxylation is 1. The van der Waals surface area contributed by atoms with Crippen molar-refractivity contribution in [3.8, 4) is 0 Å². The lowest BCUT2D eigenvalue weighted by atomic mass is 10.1. The van der Waals surface area contributed by atoms with E-state index in [0.717, 1.165) is 24.1 Å². The molecular formula is C18H24N2O4. The summed E-state index contributed by atoms with van der Waals surface area (Å²) in [6.45, 7) is 2.92. The van der Waals surface area contributed by atoms with E-state index in [2.05, 4.69) is 5.32 Å². The molecule has 0 bridgehead atoms. The Hall–Kier alpha value is -2.37. The first-order valence-corrected chi connectivity index (χ1v) is 8.34. The molecule has 0 spiro atoms. The van der Waals surface area contributed by atoms with Crippen LogP contribution in [0.2, 0.25) is 0 Å². The van der Waals surface area contributed by atoms with Crippen molar-refractivity contribution in [2.75, 3.05) is 18.0 Å². The van der Waals surface area contributed by atoms with Gasteiger partial charge in [0.05, 0.1) is 5.92 Å². The third-order valence-corrected chi connectivity index (χ3v) is 4.21. The summed E-state index contributed by atoms with van der Waals surface area (Å²) in [5.41, 5.74) is 1.96. The van der Waals surface area contributed by atoms with Gasteiger partial charge in [0.2, 0.25) is 11.8 Å². The van der Waals surface area contributed by atoms with Crippen LogP contribution in [-0.4, -0.2) is 36.0 Å². The van der Waals surface area contributed by atoms with Crippen LogP contribution >= 0.6 is 0 Å². The highest BCUT2D eigenvalue weighted by atomic mass is 16.4. The number of benzene rings is 1. The van der Waals surface area contributed by atoms with Crippen molar-refractivity contribution in [1.29, 1.82) is 0 Å². The van der Waals surface area contributed by atoms with Crippen LogP contribution in [0.4, 0.5) is 5.69 Å². The van der Waals surface area contributed by atoms with Gasteiger partial charge in [-0.05, 0) is 31.9 Å². The van der Waals surface area contributed by atoms with E-state index in [1.54, 1.807) is 4.90 Å². The average molecular weight is 332 g/mol. The minimum absolute atomic E-state index is 0.0274. The Balaban J connectivity index is 1.75. The number of aliphatic carboxylic acids is 1. The van der Waals surface area contributed by atoms with Gasteiger partial charge in [0.25, 0.3) is 0 Å². The van der Waals surface area contributed by atoms with Gasteiger partial charge in [0.1, 0.15) is 0 Å². The monoisotopic (exact) mass is 332 g/mol. The molecule has 1 aliphatic heterocycles. The smallest absolute Gasteiger partial charge is 0.303 e. The Morgan fingerprint density at radius 3 is 2.58 bits per heavy atom. The topological polar surface area (TPSA) is 86.7 Å². The lowest BCUT2D eigenvalue weighted by Gasteiger charge is -2.17. The highest BCUT2D eigenvalue weighted by Crippen LogP contribution is 2.25. The largest absolute Gasteiger partial charge is 0.481 e. The Morgan fingerprint density at radius 2 is 1.92 bits per heavy atom. The van der Waals surface area contributed by atoms with Crippen LogP contribution in [0.1, 0.15) is 37.7 Å². The van der Waals surface area contributed by atoms with Gasteiger partial charge in [0.15, 0.2) is 0 Å². The number of anilines is 1. The Bertz CT molecular complexity index is 598. The van der Waals surface area contributed by atoms with Gasteiger partial charge in [-0.2, -0.15) is 0 Å². The summed E-state index contributed by atoms with van der Waals surface area (Å²) < 4.78 is 0. The Labute approximate surface area is 141 Å². The molecule has 130 valence electrons. The lowest BCUT2D eigenvalue weighted by Crippen LogP contribution is -2.33. The lowest BCUT2D eigenvalue weighted by molar-refractivity contribution is -0.137. The first-order valence-electron chi connectivity index (χ1n) is 8.34. The molecule has 1 aromatic rings. The molecule has 1 aromatic carbocycles. The maximum Gasteiger partial charge on any atom is 0.303 e. The second kappa shape index (κ2) is 8.47. The third kappa shape index (κ3) is 5.08. The first kappa shape index (κ1) is 18.0. The van der Waals surface area contributed by atoms with Crippen LogP contribution in [0.5, 0.6) is 0 Å². The van der Waals surface area contributed by atoms with Gasteiger partial charge < -0.3 is 15.3 Å². The zero-order valence-corrected chi connectivity index (χ0v) is 14.0. The molecule has 1 fully saturated rings. The summed E-state index contributed by atoms with van der Waals surface area (Å²) >= 11 is 0. The molecule has 6 nitrogen and oxygen atoms in total. The van der Waals surface area contributed by atoms with E-state index in [1.165, 1.54) is 0 Å². The maximum atomic E-state index is 12.2. The summed E-state index contributed by atoms with van der Waals surface area (Å²) in [5, 5.41) is 11.4. The average Bonchev–Trinajstić information content (AvgIpc) is 2.93. The molecular weight excluding hydrogens is 308 g/mol. The van der Waals surface area contributed by atoms with Crippen molar-refractivity contribution in [3.05, 3.63) is 29.8 Å². The maximum absolute atomic E-state index is 12.2. The van der Waals surface area contributed by atoms with Gasteiger partial charge in [0, 0.05) is 31.6 Å². The summed E-state index contributed by atoms with van der Waals surface area (Å²) in [5.74, 6) is -1.24. The van der Waals surface area contributed by atoms with Crippen molar-refractivity contribution in [1.82, 2.24) is 5.32 Å². The van der Waals surface area contributed by atoms with Gasteiger partial charge in [-0.1, -0.05) is 24.1 Å². The van der Waals surface area contributed by atoms with Crippen LogP contribution in [0.15, 0.2) is 24.3 Å². The van der Waals surface area contributed by atoms with Crippen LogP contribution in [0, 0.1) is 12.8 Å². The molecule has 2 N–H and O–H groups in total. The zero-order chi connectivity index (χ0) is 17.5. The molecule has 0 aromatic heterocycles. The molecule has 0 saturated carbocycles. The van der Waals surface area contributed by atoms with Crippen molar-refractivity contribution in [3.63, 3.8) is 0 Å². The quantitative estimate of drug-likeness (QED) is 0.714. The van der Waals surface area contributed by atoms with E-state index in [0.29, 0.717) is 19.5 Å². The van der Waals surface area contributed by atoms with Crippen molar-refractivity contribution >= 4 is 23.5 Å². The fraction of sp³-hybridized carbons (Fsp3) is 0.500. The number of hydrogen-bond acceptors (Lipinski definition) is 3. The predicted octanol–water partition coefficient (Wildman–Crippen LogP) is 2.11. The first-order chi connectivity index (χ1) is 11.5. The molecule has 1 saturated heterocycles. The molecule has 24 heavy (non-hydrogen) atoms. The molecule has 1 heterocycles. The van der Waals surface area contributed by atoms with E-state index in [4.69, 9.17) is 5.11 Å². The van der Waals surface area contributed by atoms with E-state index in [-0.39, 0.29) is 30.6 Å². The normalized spacial score (nSPS) is 17.1. The molecule has 6 heteroatoms. The van der Waals surface area contributed by atoms with Crippen molar-refractivity contribution in [2.24, 2.45) is 5.92 Å². The van der Waals surface area contributed by atoms with Gasteiger partial charge in [-0.25, -0.2) is 0 Å². The van der Waals surface area contributed by atoms with Crippen LogP contribution in [0.3, 0.4) is 0 Å². The summed E-state index contributed by atoms with van der Waals surface area (Å²) in [7, 11) is 0. The standard InChI is InChI=1S/C18H24N2O4/c1-13-6-8-15(9-7-13)20-12-14(11-16(20)21)18(24)19-10-4-2-3-5-17(22)23/h6-9,14H,2-5,10-12H2,1H3,(H,19,24)(H,22,23). The fourth-order valence-corrected chi connectivity index (χ4v) is 2.79. The second-order valence-electron chi connectivity index (χ2n) is 6.24. The molecule has 2 amide bonds. The molecule has 1 aliphatic rings. The summed E-state index contributed by atoms with van der Waals surface area (Å²) in [4.78, 5) is 36.4. The molecule has 1 atom stereocenters. The number of amides is 2. The van der Waals surface area contributed by atoms with Gasteiger partial charge in [-0.15, -0.1) is 0 Å². The number of nitrogens with zero attached hydrogens (tertiary/aromatic N) is 1. The van der Waals surface area contributed by atoms with Crippen LogP contribution in [-0.2, 0) is 14.4 Å². The molecule has 0 radical (unpaired) electrons. The number of carboxylic acids is 1. The molecule has 2 rings (SSSR count). The van der Waals surface area contributed by atoms with Crippen molar-refractivity contribution in [2.45, 2.75) is 39.0 Å². The number of carbonyl (C=O) groups is 3. The Morgan fingerprint density at radius 1 is 1.21 bits per heavy atom. The summed E-state index contributed by atoms with van der Waals surface area (Å²) in [6.07, 6.45) is 2.54. The highest BCUT2D eigenvalue weighted by Gasteiger charge is 2.34. The van der Waals surface area contributed by atoms with E-state index < -0.39 is 5.97 Å². The molecule has 1 unspecified atom stereocenters. The molecule has 0 aliphatic carbocycles. The van der Waals surface area contributed by atoms with E-state index in [1.807, 2.05) is 31.2 Å². The SMILES string of the molecule is Cc1ccc(N2CC(C(=O)NCCCCCC(=O)O)CC2=O)cc1. The van der Waals surface area contributed by atoms with E-state index in [9.17, 15) is 14.4 Å². The van der Waals surface area contributed by atoms with Gasteiger partial charge in [-0.3, -0.25) is 14.4 Å². The number of rotatable bonds is 8. The minimum atomic E-state index is -0.792. The Kier molecular flexibility index (Phi) is 6.35. The second-order valence-corrected chi connectivity index (χ2v) is 6.24. The van der Waals surface area contributed by atoms with Gasteiger partial charge >= 0.3 is 5.97 Å². The highest BCUT2D eigenvalue weighted by molar-refractivity contribution is 6.00. The number of carboxylic acid groups (broad SMARTS) is 1. The zero-order valence-electron chi connectivity index (χ0n) is 14.0. The minimum Gasteiger partial charge on any atom is -0.481 e. The summed E-state index contributed by atoms with van der Waals surface area (Å²) in [6, 6.07) is 7.70.